The van der Waals surface area contributed by atoms with Crippen LogP contribution in [0.2, 0.25) is 0 Å². The number of esters is 1. The molecule has 1 aromatic carbocycles. The second-order valence-corrected chi connectivity index (χ2v) is 4.48. The number of aromatic nitrogens is 1. The van der Waals surface area contributed by atoms with Crippen molar-refractivity contribution in [3.8, 4) is 0 Å². The normalized spacial score (nSPS) is 9.95. The van der Waals surface area contributed by atoms with Crippen LogP contribution in [-0.2, 0) is 16.0 Å². The molecule has 1 amide bonds. The van der Waals surface area contributed by atoms with Crippen LogP contribution in [-0.4, -0.2) is 24.0 Å². The number of amides is 1. The number of carbonyl (C=O) groups is 2. The van der Waals surface area contributed by atoms with E-state index in [1.165, 1.54) is 7.11 Å². The Morgan fingerprint density at radius 3 is 2.81 bits per heavy atom. The minimum atomic E-state index is -0.429. The molecule has 0 aliphatic carbocycles. The first kappa shape index (κ1) is 14.7. The first-order chi connectivity index (χ1) is 10.2. The Kier molecular flexibility index (Phi) is 5.04. The summed E-state index contributed by atoms with van der Waals surface area (Å²) in [7, 11) is 1.32. The number of benzene rings is 1. The molecule has 1 heterocycles. The lowest BCUT2D eigenvalue weighted by atomic mass is 10.1. The zero-order chi connectivity index (χ0) is 15.1. The van der Waals surface area contributed by atoms with Crippen LogP contribution in [0.15, 0.2) is 48.8 Å². The van der Waals surface area contributed by atoms with Crippen molar-refractivity contribution in [3.05, 3.63) is 59.9 Å². The van der Waals surface area contributed by atoms with Crippen molar-refractivity contribution in [1.82, 2.24) is 4.98 Å². The zero-order valence-electron chi connectivity index (χ0n) is 11.7. The van der Waals surface area contributed by atoms with Crippen LogP contribution in [0.4, 0.5) is 5.69 Å². The van der Waals surface area contributed by atoms with Gasteiger partial charge in [-0.25, -0.2) is 4.79 Å². The summed E-state index contributed by atoms with van der Waals surface area (Å²) in [5, 5.41) is 2.76. The van der Waals surface area contributed by atoms with E-state index in [-0.39, 0.29) is 5.91 Å². The first-order valence-electron chi connectivity index (χ1n) is 6.56. The lowest BCUT2D eigenvalue weighted by Gasteiger charge is -2.06. The van der Waals surface area contributed by atoms with E-state index < -0.39 is 5.97 Å². The third-order valence-corrected chi connectivity index (χ3v) is 2.93. The quantitative estimate of drug-likeness (QED) is 0.856. The molecule has 0 aliphatic heterocycles. The Morgan fingerprint density at radius 2 is 2.10 bits per heavy atom. The summed E-state index contributed by atoms with van der Waals surface area (Å²) in [4.78, 5) is 27.3. The van der Waals surface area contributed by atoms with Gasteiger partial charge in [0.2, 0.25) is 5.91 Å². The van der Waals surface area contributed by atoms with Gasteiger partial charge in [-0.2, -0.15) is 0 Å². The number of methoxy groups -OCH3 is 1. The maximum Gasteiger partial charge on any atom is 0.337 e. The maximum atomic E-state index is 11.9. The Morgan fingerprint density at radius 1 is 1.24 bits per heavy atom. The first-order valence-corrected chi connectivity index (χ1v) is 6.56. The molecule has 0 saturated heterocycles. The summed E-state index contributed by atoms with van der Waals surface area (Å²) in [5.41, 5.74) is 1.99. The van der Waals surface area contributed by atoms with E-state index in [2.05, 4.69) is 15.0 Å². The fourth-order valence-corrected chi connectivity index (χ4v) is 1.87. The van der Waals surface area contributed by atoms with Gasteiger partial charge in [-0.05, 0) is 36.2 Å². The second kappa shape index (κ2) is 7.19. The molecule has 21 heavy (non-hydrogen) atoms. The molecule has 0 saturated carbocycles. The molecule has 1 N–H and O–H groups in total. The number of nitrogens with zero attached hydrogens (tertiary/aromatic N) is 1. The van der Waals surface area contributed by atoms with Gasteiger partial charge in [-0.3, -0.25) is 9.78 Å². The number of pyridine rings is 1. The number of carbonyl (C=O) groups excluding carboxylic acids is 2. The van der Waals surface area contributed by atoms with Crippen LogP contribution in [0.25, 0.3) is 0 Å². The van der Waals surface area contributed by atoms with Gasteiger partial charge in [0.15, 0.2) is 0 Å². The standard InChI is InChI=1S/C16H16N2O3/c1-21-16(20)13-5-2-6-14(10-13)18-15(19)8-7-12-4-3-9-17-11-12/h2-6,9-11H,7-8H2,1H3,(H,18,19). The van der Waals surface area contributed by atoms with E-state index in [1.54, 1.807) is 36.7 Å². The van der Waals surface area contributed by atoms with E-state index in [0.717, 1.165) is 5.56 Å². The third-order valence-electron chi connectivity index (χ3n) is 2.93. The monoisotopic (exact) mass is 284 g/mol. The fourth-order valence-electron chi connectivity index (χ4n) is 1.87. The van der Waals surface area contributed by atoms with Crippen molar-refractivity contribution in [2.24, 2.45) is 0 Å². The Labute approximate surface area is 123 Å². The predicted octanol–water partition coefficient (Wildman–Crippen LogP) is 2.44. The predicted molar refractivity (Wildman–Crippen MR) is 79.0 cm³/mol. The molecular weight excluding hydrogens is 268 g/mol. The molecule has 1 aromatic heterocycles. The summed E-state index contributed by atoms with van der Waals surface area (Å²) < 4.78 is 4.64. The molecule has 0 spiro atoms. The van der Waals surface area contributed by atoms with Crippen LogP contribution in [0.3, 0.4) is 0 Å². The van der Waals surface area contributed by atoms with Crippen LogP contribution < -0.4 is 5.32 Å². The summed E-state index contributed by atoms with van der Waals surface area (Å²) >= 11 is 0. The van der Waals surface area contributed by atoms with Gasteiger partial charge in [0.05, 0.1) is 12.7 Å². The van der Waals surface area contributed by atoms with Crippen molar-refractivity contribution in [2.45, 2.75) is 12.8 Å². The van der Waals surface area contributed by atoms with Crippen LogP contribution in [0.5, 0.6) is 0 Å². The molecule has 2 rings (SSSR count). The summed E-state index contributed by atoms with van der Waals surface area (Å²) in [5.74, 6) is -0.540. The number of nitrogens with one attached hydrogen (secondary N) is 1. The highest BCUT2D eigenvalue weighted by molar-refractivity contribution is 5.94. The molecule has 0 atom stereocenters. The number of aryl methyl sites for hydroxylation is 1. The van der Waals surface area contributed by atoms with Gasteiger partial charge in [0, 0.05) is 24.5 Å². The molecule has 0 radical (unpaired) electrons. The topological polar surface area (TPSA) is 68.3 Å². The molecule has 0 unspecified atom stereocenters. The summed E-state index contributed by atoms with van der Waals surface area (Å²) in [6.45, 7) is 0. The van der Waals surface area contributed by atoms with Crippen LogP contribution >= 0.6 is 0 Å². The number of hydrogen-bond acceptors (Lipinski definition) is 4. The van der Waals surface area contributed by atoms with E-state index in [1.807, 2.05) is 12.1 Å². The largest absolute Gasteiger partial charge is 0.465 e. The fraction of sp³-hybridized carbons (Fsp3) is 0.188. The van der Waals surface area contributed by atoms with Gasteiger partial charge >= 0.3 is 5.97 Å². The zero-order valence-corrected chi connectivity index (χ0v) is 11.7. The van der Waals surface area contributed by atoms with E-state index in [9.17, 15) is 9.59 Å². The third kappa shape index (κ3) is 4.42. The van der Waals surface area contributed by atoms with Crippen LogP contribution in [0.1, 0.15) is 22.3 Å². The molecule has 5 nitrogen and oxygen atoms in total. The molecule has 5 heteroatoms. The van der Waals surface area contributed by atoms with Crippen molar-refractivity contribution in [2.75, 3.05) is 12.4 Å². The van der Waals surface area contributed by atoms with Gasteiger partial charge in [0.1, 0.15) is 0 Å². The molecular formula is C16H16N2O3. The number of anilines is 1. The van der Waals surface area contributed by atoms with Crippen molar-refractivity contribution in [3.63, 3.8) is 0 Å². The Balaban J connectivity index is 1.92. The molecule has 108 valence electrons. The Hall–Kier alpha value is -2.69. The molecule has 0 aliphatic rings. The highest BCUT2D eigenvalue weighted by Crippen LogP contribution is 2.12. The highest BCUT2D eigenvalue weighted by atomic mass is 16.5. The van der Waals surface area contributed by atoms with Crippen molar-refractivity contribution in [1.29, 1.82) is 0 Å². The van der Waals surface area contributed by atoms with E-state index >= 15 is 0 Å². The second-order valence-electron chi connectivity index (χ2n) is 4.48. The SMILES string of the molecule is COC(=O)c1cccc(NC(=O)CCc2cccnc2)c1. The minimum Gasteiger partial charge on any atom is -0.465 e. The van der Waals surface area contributed by atoms with Crippen LogP contribution in [0, 0.1) is 0 Å². The maximum absolute atomic E-state index is 11.9. The molecule has 0 fully saturated rings. The Bertz CT molecular complexity index is 626. The van der Waals surface area contributed by atoms with Gasteiger partial charge in [-0.15, -0.1) is 0 Å². The molecule has 0 bridgehead atoms. The average Bonchev–Trinajstić information content (AvgIpc) is 2.53. The number of rotatable bonds is 5. The van der Waals surface area contributed by atoms with Gasteiger partial charge in [-0.1, -0.05) is 12.1 Å². The number of ether oxygens (including phenoxy) is 1. The van der Waals surface area contributed by atoms with E-state index in [0.29, 0.717) is 24.1 Å². The summed E-state index contributed by atoms with van der Waals surface area (Å²) in [6.07, 6.45) is 4.41. The molecule has 2 aromatic rings. The average molecular weight is 284 g/mol. The lowest BCUT2D eigenvalue weighted by molar-refractivity contribution is -0.116. The number of hydrogen-bond donors (Lipinski definition) is 1. The minimum absolute atomic E-state index is 0.110. The lowest BCUT2D eigenvalue weighted by Crippen LogP contribution is -2.13. The van der Waals surface area contributed by atoms with Gasteiger partial charge in [0.25, 0.3) is 0 Å². The van der Waals surface area contributed by atoms with E-state index in [4.69, 9.17) is 0 Å². The highest BCUT2D eigenvalue weighted by Gasteiger charge is 2.08. The smallest absolute Gasteiger partial charge is 0.337 e. The summed E-state index contributed by atoms with van der Waals surface area (Å²) in [6, 6.07) is 10.4. The van der Waals surface area contributed by atoms with Crippen molar-refractivity contribution < 1.29 is 14.3 Å². The van der Waals surface area contributed by atoms with Crippen molar-refractivity contribution >= 4 is 17.6 Å². The van der Waals surface area contributed by atoms with Gasteiger partial charge < -0.3 is 10.1 Å².